The zero-order valence-electron chi connectivity index (χ0n) is 13.3. The lowest BCUT2D eigenvalue weighted by Gasteiger charge is -2.33. The maximum atomic E-state index is 12.6. The van der Waals surface area contributed by atoms with Crippen molar-refractivity contribution in [3.05, 3.63) is 47.4 Å². The molecule has 0 spiro atoms. The summed E-state index contributed by atoms with van der Waals surface area (Å²) in [5.74, 6) is 1.02. The van der Waals surface area contributed by atoms with Crippen LogP contribution in [0.15, 0.2) is 36.8 Å². The van der Waals surface area contributed by atoms with Gasteiger partial charge in [0, 0.05) is 37.3 Å². The molecule has 1 unspecified atom stereocenters. The Morgan fingerprint density at radius 3 is 2.92 bits per heavy atom. The molecule has 6 nitrogen and oxygen atoms in total. The van der Waals surface area contributed by atoms with E-state index in [1.54, 1.807) is 42.6 Å². The maximum absolute atomic E-state index is 12.6. The lowest BCUT2D eigenvalue weighted by Crippen LogP contribution is -2.44. The molecular weight excluding hydrogens is 330 g/mol. The first kappa shape index (κ1) is 16.5. The highest BCUT2D eigenvalue weighted by atomic mass is 35.5. The van der Waals surface area contributed by atoms with Gasteiger partial charge in [-0.1, -0.05) is 11.6 Å². The van der Waals surface area contributed by atoms with Crippen molar-refractivity contribution in [1.82, 2.24) is 14.9 Å². The van der Waals surface area contributed by atoms with Gasteiger partial charge in [0.05, 0.1) is 19.2 Å². The summed E-state index contributed by atoms with van der Waals surface area (Å²) < 4.78 is 11.0. The third-order valence-electron chi connectivity index (χ3n) is 3.89. The molecule has 3 heterocycles. The number of hydrogen-bond acceptors (Lipinski definition) is 5. The Morgan fingerprint density at radius 2 is 2.21 bits per heavy atom. The maximum Gasteiger partial charge on any atom is 0.255 e. The van der Waals surface area contributed by atoms with Gasteiger partial charge in [-0.15, -0.1) is 0 Å². The Hall–Kier alpha value is -2.34. The number of carbonyl (C=O) groups excluding carboxylic acids is 1. The Balaban J connectivity index is 1.66. The molecule has 1 atom stereocenters. The summed E-state index contributed by atoms with van der Waals surface area (Å²) in [6.45, 7) is 1.22. The molecule has 0 N–H and O–H groups in total. The summed E-state index contributed by atoms with van der Waals surface area (Å²) >= 11 is 6.08. The second-order valence-corrected chi connectivity index (χ2v) is 5.94. The van der Waals surface area contributed by atoms with Crippen LogP contribution in [0.25, 0.3) is 0 Å². The van der Waals surface area contributed by atoms with E-state index in [0.29, 0.717) is 35.3 Å². The van der Waals surface area contributed by atoms with Crippen molar-refractivity contribution in [3.8, 4) is 11.6 Å². The number of piperidine rings is 1. The molecule has 7 heteroatoms. The fourth-order valence-corrected chi connectivity index (χ4v) is 2.83. The molecule has 3 rings (SSSR count). The van der Waals surface area contributed by atoms with E-state index in [4.69, 9.17) is 21.1 Å². The highest BCUT2D eigenvalue weighted by Gasteiger charge is 2.26. The van der Waals surface area contributed by atoms with Gasteiger partial charge in [-0.3, -0.25) is 9.78 Å². The molecule has 0 aromatic carbocycles. The number of nitrogens with zero attached hydrogens (tertiary/aromatic N) is 3. The number of halogens is 1. The summed E-state index contributed by atoms with van der Waals surface area (Å²) in [4.78, 5) is 22.4. The lowest BCUT2D eigenvalue weighted by molar-refractivity contribution is 0.0537. The van der Waals surface area contributed by atoms with Crippen LogP contribution in [0.1, 0.15) is 23.2 Å². The van der Waals surface area contributed by atoms with Crippen LogP contribution >= 0.6 is 11.6 Å². The van der Waals surface area contributed by atoms with E-state index >= 15 is 0 Å². The molecule has 0 bridgehead atoms. The van der Waals surface area contributed by atoms with Gasteiger partial charge in [0.2, 0.25) is 5.88 Å². The predicted molar refractivity (Wildman–Crippen MR) is 89.6 cm³/mol. The summed E-state index contributed by atoms with van der Waals surface area (Å²) in [5, 5.41) is 0.473. The molecule has 1 amide bonds. The van der Waals surface area contributed by atoms with Crippen LogP contribution in [-0.4, -0.2) is 47.1 Å². The highest BCUT2D eigenvalue weighted by molar-refractivity contribution is 6.31. The number of methoxy groups -OCH3 is 1. The summed E-state index contributed by atoms with van der Waals surface area (Å²) in [6.07, 6.45) is 6.38. The Bertz CT molecular complexity index is 708. The number of ether oxygens (including phenoxy) is 2. The van der Waals surface area contributed by atoms with Crippen LogP contribution < -0.4 is 9.47 Å². The van der Waals surface area contributed by atoms with Gasteiger partial charge in [0.1, 0.15) is 16.9 Å². The van der Waals surface area contributed by atoms with Crippen molar-refractivity contribution in [3.63, 3.8) is 0 Å². The molecule has 0 radical (unpaired) electrons. The van der Waals surface area contributed by atoms with E-state index in [2.05, 4.69) is 9.97 Å². The smallest absolute Gasteiger partial charge is 0.255 e. The van der Waals surface area contributed by atoms with Crippen LogP contribution in [0.4, 0.5) is 0 Å². The van der Waals surface area contributed by atoms with E-state index in [-0.39, 0.29) is 12.0 Å². The van der Waals surface area contributed by atoms with Crippen molar-refractivity contribution in [2.24, 2.45) is 0 Å². The molecule has 2 aromatic heterocycles. The number of aromatic nitrogens is 2. The molecule has 1 aliphatic rings. The topological polar surface area (TPSA) is 64.5 Å². The van der Waals surface area contributed by atoms with Crippen LogP contribution in [-0.2, 0) is 0 Å². The molecule has 2 aromatic rings. The monoisotopic (exact) mass is 347 g/mol. The molecule has 0 saturated carbocycles. The Kier molecular flexibility index (Phi) is 5.15. The second kappa shape index (κ2) is 7.49. The van der Waals surface area contributed by atoms with Crippen LogP contribution in [0.3, 0.4) is 0 Å². The molecule has 126 valence electrons. The van der Waals surface area contributed by atoms with Crippen molar-refractivity contribution in [1.29, 1.82) is 0 Å². The number of likely N-dealkylation sites (tertiary alicyclic amines) is 1. The number of carbonyl (C=O) groups is 1. The quantitative estimate of drug-likeness (QED) is 0.851. The molecule has 1 fully saturated rings. The van der Waals surface area contributed by atoms with Crippen molar-refractivity contribution in [2.75, 3.05) is 20.2 Å². The minimum atomic E-state index is -0.0891. The fraction of sp³-hybridized carbons (Fsp3) is 0.353. The third kappa shape index (κ3) is 3.76. The zero-order chi connectivity index (χ0) is 16.9. The van der Waals surface area contributed by atoms with Crippen molar-refractivity contribution in [2.45, 2.75) is 18.9 Å². The number of hydrogen-bond donors (Lipinski definition) is 0. The first-order chi connectivity index (χ1) is 11.7. The standard InChI is InChI=1S/C17H18ClN3O3/c1-23-16-5-4-12(9-20-16)17(22)21-8-2-3-13(11-21)24-15-6-7-19-10-14(15)18/h4-7,9-10,13H,2-3,8,11H2,1H3. The third-order valence-corrected chi connectivity index (χ3v) is 4.17. The highest BCUT2D eigenvalue weighted by Crippen LogP contribution is 2.26. The second-order valence-electron chi connectivity index (χ2n) is 5.53. The molecule has 1 aliphatic heterocycles. The van der Waals surface area contributed by atoms with Gasteiger partial charge < -0.3 is 14.4 Å². The van der Waals surface area contributed by atoms with E-state index in [0.717, 1.165) is 12.8 Å². The molecule has 1 saturated heterocycles. The minimum Gasteiger partial charge on any atom is -0.487 e. The van der Waals surface area contributed by atoms with E-state index < -0.39 is 0 Å². The number of amides is 1. The van der Waals surface area contributed by atoms with Gasteiger partial charge in [-0.05, 0) is 18.9 Å². The average molecular weight is 348 g/mol. The van der Waals surface area contributed by atoms with Crippen LogP contribution in [0.5, 0.6) is 11.6 Å². The predicted octanol–water partition coefficient (Wildman–Crippen LogP) is 2.82. The first-order valence-corrected chi connectivity index (χ1v) is 8.10. The summed E-state index contributed by atoms with van der Waals surface area (Å²) in [5.41, 5.74) is 0.540. The number of rotatable bonds is 4. The summed E-state index contributed by atoms with van der Waals surface area (Å²) in [6, 6.07) is 5.14. The van der Waals surface area contributed by atoms with E-state index in [1.165, 1.54) is 6.20 Å². The first-order valence-electron chi connectivity index (χ1n) is 7.73. The van der Waals surface area contributed by atoms with Gasteiger partial charge in [-0.2, -0.15) is 0 Å². The van der Waals surface area contributed by atoms with Crippen molar-refractivity contribution >= 4 is 17.5 Å². The van der Waals surface area contributed by atoms with E-state index in [1.807, 2.05) is 0 Å². The van der Waals surface area contributed by atoms with Gasteiger partial charge in [0.15, 0.2) is 0 Å². The van der Waals surface area contributed by atoms with E-state index in [9.17, 15) is 4.79 Å². The average Bonchev–Trinajstić information content (AvgIpc) is 2.63. The molecular formula is C17H18ClN3O3. The Labute approximate surface area is 145 Å². The van der Waals surface area contributed by atoms with Gasteiger partial charge in [-0.25, -0.2) is 4.98 Å². The minimum absolute atomic E-state index is 0.0562. The normalized spacial score (nSPS) is 17.4. The fourth-order valence-electron chi connectivity index (χ4n) is 2.67. The lowest BCUT2D eigenvalue weighted by atomic mass is 10.1. The van der Waals surface area contributed by atoms with Crippen LogP contribution in [0.2, 0.25) is 5.02 Å². The van der Waals surface area contributed by atoms with Gasteiger partial charge >= 0.3 is 0 Å². The van der Waals surface area contributed by atoms with Gasteiger partial charge in [0.25, 0.3) is 5.91 Å². The molecule has 0 aliphatic carbocycles. The van der Waals surface area contributed by atoms with Crippen molar-refractivity contribution < 1.29 is 14.3 Å². The largest absolute Gasteiger partial charge is 0.487 e. The van der Waals surface area contributed by atoms with Crippen LogP contribution in [0, 0.1) is 0 Å². The SMILES string of the molecule is COc1ccc(C(=O)N2CCCC(Oc3ccncc3Cl)C2)cn1. The zero-order valence-corrected chi connectivity index (χ0v) is 14.1. The Morgan fingerprint density at radius 1 is 1.33 bits per heavy atom. The molecule has 24 heavy (non-hydrogen) atoms. The number of pyridine rings is 2. The summed E-state index contributed by atoms with van der Waals surface area (Å²) in [7, 11) is 1.54.